The number of aromatic nitrogens is 2. The van der Waals surface area contributed by atoms with Crippen molar-refractivity contribution in [2.75, 3.05) is 44.6 Å². The van der Waals surface area contributed by atoms with Crippen molar-refractivity contribution in [1.29, 1.82) is 5.26 Å². The van der Waals surface area contributed by atoms with Gasteiger partial charge in [0, 0.05) is 19.6 Å². The highest BCUT2D eigenvalue weighted by atomic mass is 16.6. The summed E-state index contributed by atoms with van der Waals surface area (Å²) in [5, 5.41) is 25.2. The molecule has 1 aliphatic heterocycles. The van der Waals surface area contributed by atoms with Crippen molar-refractivity contribution >= 4 is 17.3 Å². The van der Waals surface area contributed by atoms with Crippen LogP contribution in [-0.4, -0.2) is 49.3 Å². The molecule has 0 spiro atoms. The number of ether oxygens (including phenoxy) is 3. The second kappa shape index (κ2) is 11.0. The Morgan fingerprint density at radius 3 is 2.27 bits per heavy atom. The van der Waals surface area contributed by atoms with Crippen LogP contribution in [0.1, 0.15) is 24.0 Å². The third-order valence-electron chi connectivity index (χ3n) is 6.63. The molecule has 3 aromatic rings. The van der Waals surface area contributed by atoms with Gasteiger partial charge in [-0.2, -0.15) is 5.26 Å². The number of anilines is 2. The molecule has 2 heterocycles. The smallest absolute Gasteiger partial charge is 0.353 e. The van der Waals surface area contributed by atoms with Crippen LogP contribution in [0.3, 0.4) is 0 Å². The molecule has 11 nitrogen and oxygen atoms in total. The van der Waals surface area contributed by atoms with Gasteiger partial charge in [-0.15, -0.1) is 0 Å². The van der Waals surface area contributed by atoms with Gasteiger partial charge in [-0.05, 0) is 36.1 Å². The van der Waals surface area contributed by atoms with Gasteiger partial charge in [0.1, 0.15) is 6.33 Å². The monoisotopic (exact) mass is 504 g/mol. The number of hydrogen-bond donors (Lipinski definition) is 1. The van der Waals surface area contributed by atoms with Crippen LogP contribution in [0.25, 0.3) is 0 Å². The summed E-state index contributed by atoms with van der Waals surface area (Å²) in [5.74, 6) is 1.74. The molecule has 0 aliphatic carbocycles. The highest BCUT2D eigenvalue weighted by Gasteiger charge is 2.39. The molecule has 1 N–H and O–H groups in total. The lowest BCUT2D eigenvalue weighted by atomic mass is 9.74. The van der Waals surface area contributed by atoms with E-state index in [1.165, 1.54) is 27.7 Å². The number of hydrogen-bond acceptors (Lipinski definition) is 10. The minimum atomic E-state index is -0.632. The number of nitro groups is 1. The fourth-order valence-corrected chi connectivity index (χ4v) is 4.64. The van der Waals surface area contributed by atoms with Crippen molar-refractivity contribution in [3.05, 3.63) is 70.0 Å². The Bertz CT molecular complexity index is 1280. The van der Waals surface area contributed by atoms with Gasteiger partial charge >= 0.3 is 5.69 Å². The molecule has 0 amide bonds. The van der Waals surface area contributed by atoms with E-state index in [2.05, 4.69) is 21.4 Å². The molecule has 0 bridgehead atoms. The molecule has 0 atom stereocenters. The second-order valence-corrected chi connectivity index (χ2v) is 8.59. The molecule has 4 rings (SSSR count). The van der Waals surface area contributed by atoms with E-state index < -0.39 is 10.3 Å². The Balaban J connectivity index is 1.57. The Morgan fingerprint density at radius 2 is 1.73 bits per heavy atom. The number of benzene rings is 2. The number of nitriles is 1. The van der Waals surface area contributed by atoms with Gasteiger partial charge < -0.3 is 24.4 Å². The third-order valence-corrected chi connectivity index (χ3v) is 6.63. The average Bonchev–Trinajstić information content (AvgIpc) is 2.95. The van der Waals surface area contributed by atoms with Crippen LogP contribution in [0.15, 0.2) is 48.8 Å². The molecule has 11 heteroatoms. The fraction of sp³-hybridized carbons (Fsp3) is 0.346. The van der Waals surface area contributed by atoms with Crippen LogP contribution < -0.4 is 24.4 Å². The lowest BCUT2D eigenvalue weighted by Crippen LogP contribution is -2.42. The van der Waals surface area contributed by atoms with Gasteiger partial charge in [-0.25, -0.2) is 9.97 Å². The normalized spacial score (nSPS) is 14.4. The van der Waals surface area contributed by atoms with E-state index in [0.29, 0.717) is 43.2 Å². The summed E-state index contributed by atoms with van der Waals surface area (Å²) in [4.78, 5) is 21.9. The molecule has 1 aliphatic rings. The van der Waals surface area contributed by atoms with Crippen molar-refractivity contribution in [2.24, 2.45) is 0 Å². The molecule has 1 fully saturated rings. The zero-order valence-electron chi connectivity index (χ0n) is 20.9. The van der Waals surface area contributed by atoms with E-state index in [1.807, 2.05) is 35.2 Å². The van der Waals surface area contributed by atoms with Crippen molar-refractivity contribution in [1.82, 2.24) is 9.97 Å². The molecular formula is C26H28N6O5. The first-order chi connectivity index (χ1) is 18.0. The SMILES string of the molecule is COc1cc(CNc2ncnc(N3CCC(C#N)(c4ccccc4)CC3)c2[N+](=O)[O-])cc(OC)c1OC. The zero-order chi connectivity index (χ0) is 26.4. The van der Waals surface area contributed by atoms with Crippen LogP contribution in [0.2, 0.25) is 0 Å². The van der Waals surface area contributed by atoms with E-state index in [9.17, 15) is 15.4 Å². The quantitative estimate of drug-likeness (QED) is 0.335. The number of nitrogens with zero attached hydrogens (tertiary/aromatic N) is 5. The van der Waals surface area contributed by atoms with Gasteiger partial charge in [0.2, 0.25) is 17.4 Å². The van der Waals surface area contributed by atoms with E-state index in [1.54, 1.807) is 12.1 Å². The summed E-state index contributed by atoms with van der Waals surface area (Å²) in [6.45, 7) is 1.12. The average molecular weight is 505 g/mol. The first-order valence-corrected chi connectivity index (χ1v) is 11.7. The maximum absolute atomic E-state index is 12.1. The highest BCUT2D eigenvalue weighted by molar-refractivity contribution is 5.70. The topological polar surface area (TPSA) is 136 Å². The van der Waals surface area contributed by atoms with E-state index >= 15 is 0 Å². The lowest BCUT2D eigenvalue weighted by molar-refractivity contribution is -0.383. The molecule has 0 radical (unpaired) electrons. The Kier molecular flexibility index (Phi) is 7.57. The fourth-order valence-electron chi connectivity index (χ4n) is 4.64. The second-order valence-electron chi connectivity index (χ2n) is 8.59. The molecular weight excluding hydrogens is 476 g/mol. The summed E-state index contributed by atoms with van der Waals surface area (Å²) >= 11 is 0. The third kappa shape index (κ3) is 5.04. The summed E-state index contributed by atoms with van der Waals surface area (Å²) in [6, 6.07) is 15.7. The van der Waals surface area contributed by atoms with Crippen LogP contribution in [0.4, 0.5) is 17.3 Å². The Hall–Kier alpha value is -4.59. The van der Waals surface area contributed by atoms with E-state index in [4.69, 9.17) is 14.2 Å². The number of rotatable bonds is 9. The summed E-state index contributed by atoms with van der Waals surface area (Å²) < 4.78 is 16.1. The van der Waals surface area contributed by atoms with E-state index in [-0.39, 0.29) is 23.9 Å². The largest absolute Gasteiger partial charge is 0.493 e. The molecule has 1 saturated heterocycles. The number of methoxy groups -OCH3 is 3. The van der Waals surface area contributed by atoms with E-state index in [0.717, 1.165) is 11.1 Å². The number of nitrogens with one attached hydrogen (secondary N) is 1. The van der Waals surface area contributed by atoms with Gasteiger partial charge in [0.25, 0.3) is 0 Å². The first-order valence-electron chi connectivity index (χ1n) is 11.7. The molecule has 2 aromatic carbocycles. The van der Waals surface area contributed by atoms with Gasteiger partial charge in [0.05, 0.1) is 37.7 Å². The zero-order valence-corrected chi connectivity index (χ0v) is 20.9. The van der Waals surface area contributed by atoms with Crippen LogP contribution in [-0.2, 0) is 12.0 Å². The Labute approximate surface area is 214 Å². The van der Waals surface area contributed by atoms with Gasteiger partial charge in [-0.1, -0.05) is 30.3 Å². The highest BCUT2D eigenvalue weighted by Crippen LogP contribution is 2.41. The molecule has 1 aromatic heterocycles. The molecule has 37 heavy (non-hydrogen) atoms. The van der Waals surface area contributed by atoms with Crippen molar-refractivity contribution < 1.29 is 19.1 Å². The molecule has 0 unspecified atom stereocenters. The number of piperidine rings is 1. The maximum atomic E-state index is 12.1. The minimum Gasteiger partial charge on any atom is -0.493 e. The summed E-state index contributed by atoms with van der Waals surface area (Å²) in [5.41, 5.74) is 0.873. The predicted molar refractivity (Wildman–Crippen MR) is 137 cm³/mol. The summed E-state index contributed by atoms with van der Waals surface area (Å²) in [6.07, 6.45) is 2.37. The standard InChI is InChI=1S/C26H28N6O5/c1-35-20-13-18(14-21(36-2)23(20)37-3)15-28-24-22(32(33)34)25(30-17-29-24)31-11-9-26(16-27,10-12-31)19-7-5-4-6-8-19/h4-8,13-14,17H,9-12,15H2,1-3H3,(H,28,29,30). The minimum absolute atomic E-state index is 0.101. The van der Waals surface area contributed by atoms with Gasteiger partial charge in [0.15, 0.2) is 11.5 Å². The van der Waals surface area contributed by atoms with Crippen molar-refractivity contribution in [3.8, 4) is 23.3 Å². The maximum Gasteiger partial charge on any atom is 0.353 e. The van der Waals surface area contributed by atoms with Crippen molar-refractivity contribution in [3.63, 3.8) is 0 Å². The lowest BCUT2D eigenvalue weighted by Gasteiger charge is -2.37. The van der Waals surface area contributed by atoms with Crippen LogP contribution >= 0.6 is 0 Å². The molecule has 0 saturated carbocycles. The van der Waals surface area contributed by atoms with Crippen LogP contribution in [0.5, 0.6) is 17.2 Å². The summed E-state index contributed by atoms with van der Waals surface area (Å²) in [7, 11) is 4.56. The Morgan fingerprint density at radius 1 is 1.08 bits per heavy atom. The van der Waals surface area contributed by atoms with Crippen LogP contribution in [0, 0.1) is 21.4 Å². The van der Waals surface area contributed by atoms with Gasteiger partial charge in [-0.3, -0.25) is 10.1 Å². The van der Waals surface area contributed by atoms with Crippen molar-refractivity contribution in [2.45, 2.75) is 24.8 Å². The molecule has 192 valence electrons. The predicted octanol–water partition coefficient (Wildman–Crippen LogP) is 4.08. The first kappa shape index (κ1) is 25.5.